The molecule has 1 rings (SSSR count). The summed E-state index contributed by atoms with van der Waals surface area (Å²) in [6.07, 6.45) is 2.54. The smallest absolute Gasteiger partial charge is 0.0503 e. The summed E-state index contributed by atoms with van der Waals surface area (Å²) >= 11 is 1.62. The van der Waals surface area contributed by atoms with Crippen molar-refractivity contribution in [2.24, 2.45) is 0 Å². The number of nitrogens with zero attached hydrogens (tertiary/aromatic N) is 1. The summed E-state index contributed by atoms with van der Waals surface area (Å²) in [7, 11) is 3.95. The first-order valence-corrected chi connectivity index (χ1v) is 4.98. The number of hydrogen-bond acceptors (Lipinski definition) is 3. The average molecular weight is 175 g/mol. The molecule has 0 aromatic heterocycles. The van der Waals surface area contributed by atoms with Crippen molar-refractivity contribution in [3.05, 3.63) is 0 Å². The van der Waals surface area contributed by atoms with E-state index in [1.54, 1.807) is 19.2 Å². The van der Waals surface area contributed by atoms with E-state index in [0.29, 0.717) is 5.25 Å². The Hall–Kier alpha value is 0.270. The molecule has 2 atom stereocenters. The van der Waals surface area contributed by atoms with Gasteiger partial charge in [0.2, 0.25) is 0 Å². The molecule has 1 fully saturated rings. The van der Waals surface area contributed by atoms with Crippen molar-refractivity contribution in [3.8, 4) is 0 Å². The molecule has 2 nitrogen and oxygen atoms in total. The molecule has 11 heavy (non-hydrogen) atoms. The summed E-state index contributed by atoms with van der Waals surface area (Å²) in [5, 5.41) is 0.690. The maximum atomic E-state index is 5.06. The minimum absolute atomic E-state index is 0.690. The van der Waals surface area contributed by atoms with Gasteiger partial charge in [-0.3, -0.25) is 0 Å². The van der Waals surface area contributed by atoms with E-state index in [9.17, 15) is 0 Å². The van der Waals surface area contributed by atoms with Crippen molar-refractivity contribution in [1.29, 1.82) is 0 Å². The van der Waals surface area contributed by atoms with E-state index in [1.165, 1.54) is 19.4 Å². The van der Waals surface area contributed by atoms with Crippen LogP contribution in [0.25, 0.3) is 0 Å². The molecule has 1 saturated heterocycles. The molecular formula is C8H17NOS. The fraction of sp³-hybridized carbons (Fsp3) is 1.00. The van der Waals surface area contributed by atoms with Crippen LogP contribution in [0.15, 0.2) is 0 Å². The third-order valence-corrected chi connectivity index (χ3v) is 3.16. The van der Waals surface area contributed by atoms with Crippen LogP contribution < -0.4 is 0 Å². The van der Waals surface area contributed by atoms with Gasteiger partial charge in [0.15, 0.2) is 0 Å². The van der Waals surface area contributed by atoms with Crippen LogP contribution in [0.3, 0.4) is 0 Å². The molecule has 1 aliphatic rings. The highest BCUT2D eigenvalue weighted by Gasteiger charge is 2.28. The first-order valence-electron chi connectivity index (χ1n) is 4.17. The van der Waals surface area contributed by atoms with Crippen molar-refractivity contribution in [2.75, 3.05) is 20.7 Å². The fourth-order valence-corrected chi connectivity index (χ4v) is 2.58. The molecule has 0 aromatic carbocycles. The molecule has 0 N–H and O–H groups in total. The van der Waals surface area contributed by atoms with Crippen LogP contribution in [-0.4, -0.2) is 36.9 Å². The van der Waals surface area contributed by atoms with E-state index in [4.69, 9.17) is 4.18 Å². The second kappa shape index (κ2) is 4.33. The maximum Gasteiger partial charge on any atom is 0.0503 e. The van der Waals surface area contributed by atoms with Crippen molar-refractivity contribution in [2.45, 2.75) is 31.1 Å². The molecule has 0 amide bonds. The second-order valence-electron chi connectivity index (χ2n) is 3.12. The van der Waals surface area contributed by atoms with Gasteiger partial charge in [0.05, 0.1) is 7.11 Å². The van der Waals surface area contributed by atoms with E-state index < -0.39 is 0 Å². The highest BCUT2D eigenvalue weighted by atomic mass is 32.2. The lowest BCUT2D eigenvalue weighted by atomic mass is 10.2. The average Bonchev–Trinajstić information content (AvgIpc) is 2.32. The van der Waals surface area contributed by atoms with Crippen molar-refractivity contribution < 1.29 is 4.18 Å². The largest absolute Gasteiger partial charge is 0.318 e. The molecular weight excluding hydrogens is 158 g/mol. The van der Waals surface area contributed by atoms with Gasteiger partial charge in [-0.25, -0.2) is 0 Å². The van der Waals surface area contributed by atoms with E-state index in [1.807, 2.05) is 0 Å². The first kappa shape index (κ1) is 9.36. The zero-order valence-electron chi connectivity index (χ0n) is 7.54. The minimum atomic E-state index is 0.690. The monoisotopic (exact) mass is 175 g/mol. The maximum absolute atomic E-state index is 5.06. The van der Waals surface area contributed by atoms with Crippen LogP contribution in [0.4, 0.5) is 0 Å². The summed E-state index contributed by atoms with van der Waals surface area (Å²) in [5.41, 5.74) is 0. The standard InChI is InChI=1S/C8H17NOS/c1-4-7-5-8(11-10-3)6-9(7)2/h7-8H,4-6H2,1-3H3/t7-,8?/m1/s1. The summed E-state index contributed by atoms with van der Waals surface area (Å²) in [4.78, 5) is 2.43. The highest BCUT2D eigenvalue weighted by Crippen LogP contribution is 2.27. The van der Waals surface area contributed by atoms with E-state index in [-0.39, 0.29) is 0 Å². The van der Waals surface area contributed by atoms with Gasteiger partial charge < -0.3 is 9.08 Å². The van der Waals surface area contributed by atoms with Gasteiger partial charge in [-0.1, -0.05) is 6.92 Å². The van der Waals surface area contributed by atoms with Crippen LogP contribution in [0.1, 0.15) is 19.8 Å². The Labute approximate surface area is 73.5 Å². The lowest BCUT2D eigenvalue weighted by Gasteiger charge is -2.15. The summed E-state index contributed by atoms with van der Waals surface area (Å²) < 4.78 is 5.06. The predicted molar refractivity (Wildman–Crippen MR) is 49.7 cm³/mol. The van der Waals surface area contributed by atoms with Crippen LogP contribution in [0.2, 0.25) is 0 Å². The SMILES string of the molecule is CC[C@@H]1CC(SOC)CN1C. The van der Waals surface area contributed by atoms with Gasteiger partial charge in [0.1, 0.15) is 0 Å². The van der Waals surface area contributed by atoms with Crippen molar-refractivity contribution in [3.63, 3.8) is 0 Å². The molecule has 0 spiro atoms. The van der Waals surface area contributed by atoms with Gasteiger partial charge in [-0.15, -0.1) is 0 Å². The van der Waals surface area contributed by atoms with Crippen molar-refractivity contribution in [1.82, 2.24) is 4.90 Å². The fourth-order valence-electron chi connectivity index (χ4n) is 1.71. The molecule has 0 aliphatic carbocycles. The molecule has 1 heterocycles. The van der Waals surface area contributed by atoms with Crippen molar-refractivity contribution >= 4 is 12.0 Å². The predicted octanol–water partition coefficient (Wildman–Crippen LogP) is 1.76. The Morgan fingerprint density at radius 3 is 2.82 bits per heavy atom. The van der Waals surface area contributed by atoms with Crippen LogP contribution in [-0.2, 0) is 4.18 Å². The van der Waals surface area contributed by atoms with E-state index >= 15 is 0 Å². The lowest BCUT2D eigenvalue weighted by Crippen LogP contribution is -2.23. The van der Waals surface area contributed by atoms with Gasteiger partial charge in [-0.2, -0.15) is 0 Å². The van der Waals surface area contributed by atoms with Gasteiger partial charge in [-0.05, 0) is 31.9 Å². The molecule has 1 aliphatic heterocycles. The Morgan fingerprint density at radius 2 is 2.36 bits per heavy atom. The Kier molecular flexibility index (Phi) is 3.69. The lowest BCUT2D eigenvalue weighted by molar-refractivity contribution is 0.304. The zero-order valence-corrected chi connectivity index (χ0v) is 8.36. The number of hydrogen-bond donors (Lipinski definition) is 0. The quantitative estimate of drug-likeness (QED) is 0.606. The molecule has 66 valence electrons. The van der Waals surface area contributed by atoms with E-state index in [0.717, 1.165) is 6.04 Å². The van der Waals surface area contributed by atoms with Gasteiger partial charge in [0.25, 0.3) is 0 Å². The van der Waals surface area contributed by atoms with E-state index in [2.05, 4.69) is 18.9 Å². The second-order valence-corrected chi connectivity index (χ2v) is 4.31. The summed E-state index contributed by atoms with van der Waals surface area (Å²) in [6.45, 7) is 3.43. The molecule has 0 aromatic rings. The normalized spacial score (nSPS) is 33.0. The molecule has 0 radical (unpaired) electrons. The molecule has 3 heteroatoms. The minimum Gasteiger partial charge on any atom is -0.318 e. The Bertz CT molecular complexity index is 121. The Morgan fingerprint density at radius 1 is 1.64 bits per heavy atom. The zero-order chi connectivity index (χ0) is 8.27. The third-order valence-electron chi connectivity index (χ3n) is 2.35. The topological polar surface area (TPSA) is 12.5 Å². The highest BCUT2D eigenvalue weighted by molar-refractivity contribution is 7.95. The van der Waals surface area contributed by atoms with Gasteiger partial charge >= 0.3 is 0 Å². The first-order chi connectivity index (χ1) is 5.27. The van der Waals surface area contributed by atoms with Gasteiger partial charge in [0, 0.05) is 17.8 Å². The summed E-state index contributed by atoms with van der Waals surface area (Å²) in [6, 6.07) is 0.780. The molecule has 0 saturated carbocycles. The van der Waals surface area contributed by atoms with Crippen LogP contribution in [0.5, 0.6) is 0 Å². The summed E-state index contributed by atoms with van der Waals surface area (Å²) in [5.74, 6) is 0. The third kappa shape index (κ3) is 2.36. The number of likely N-dealkylation sites (tertiary alicyclic amines) is 1. The van der Waals surface area contributed by atoms with Crippen LogP contribution in [0, 0.1) is 0 Å². The number of rotatable bonds is 3. The Balaban J connectivity index is 2.30. The molecule has 1 unspecified atom stereocenters. The molecule has 0 bridgehead atoms. The van der Waals surface area contributed by atoms with Crippen LogP contribution >= 0.6 is 12.0 Å².